The molecule has 0 amide bonds. The molecule has 3 aromatic rings. The summed E-state index contributed by atoms with van der Waals surface area (Å²) >= 11 is 12.2. The van der Waals surface area contributed by atoms with E-state index < -0.39 is 0 Å². The molecule has 2 aromatic carbocycles. The van der Waals surface area contributed by atoms with Crippen molar-refractivity contribution in [3.63, 3.8) is 0 Å². The molecule has 0 bridgehead atoms. The van der Waals surface area contributed by atoms with Gasteiger partial charge in [-0.25, -0.2) is 0 Å². The number of nitrogens with zero attached hydrogens (tertiary/aromatic N) is 3. The zero-order valence-corrected chi connectivity index (χ0v) is 15.1. The molecular formula is C17H15Cl2N5O. The number of hydrogen-bond donors (Lipinski definition) is 2. The lowest BCUT2D eigenvalue weighted by Gasteiger charge is -2.12. The molecule has 6 nitrogen and oxygen atoms in total. The van der Waals surface area contributed by atoms with Gasteiger partial charge < -0.3 is 15.4 Å². The van der Waals surface area contributed by atoms with E-state index in [4.69, 9.17) is 27.9 Å². The summed E-state index contributed by atoms with van der Waals surface area (Å²) in [4.78, 5) is 4.40. The minimum absolute atomic E-state index is 0.310. The minimum atomic E-state index is 0.310. The predicted octanol–water partition coefficient (Wildman–Crippen LogP) is 4.98. The maximum Gasteiger partial charge on any atom is 0.249 e. The second-order valence-corrected chi connectivity index (χ2v) is 6.02. The summed E-state index contributed by atoms with van der Waals surface area (Å²) in [6, 6.07) is 10.8. The Morgan fingerprint density at radius 1 is 1.04 bits per heavy atom. The van der Waals surface area contributed by atoms with E-state index in [0.717, 1.165) is 11.3 Å². The van der Waals surface area contributed by atoms with Crippen LogP contribution >= 0.6 is 23.2 Å². The lowest BCUT2D eigenvalue weighted by Crippen LogP contribution is -2.04. The van der Waals surface area contributed by atoms with Crippen molar-refractivity contribution in [2.24, 2.45) is 0 Å². The van der Waals surface area contributed by atoms with Gasteiger partial charge in [-0.05, 0) is 42.8 Å². The van der Waals surface area contributed by atoms with E-state index in [-0.39, 0.29) is 0 Å². The first-order valence-corrected chi connectivity index (χ1v) is 8.15. The number of anilines is 4. The predicted molar refractivity (Wildman–Crippen MR) is 101 cm³/mol. The Balaban J connectivity index is 1.85. The fourth-order valence-corrected chi connectivity index (χ4v) is 2.54. The van der Waals surface area contributed by atoms with E-state index in [9.17, 15) is 0 Å². The lowest BCUT2D eigenvalue weighted by atomic mass is 10.2. The van der Waals surface area contributed by atoms with E-state index in [2.05, 4.69) is 25.8 Å². The van der Waals surface area contributed by atoms with Crippen molar-refractivity contribution in [2.75, 3.05) is 17.7 Å². The number of nitrogens with one attached hydrogen (secondary N) is 2. The van der Waals surface area contributed by atoms with Gasteiger partial charge >= 0.3 is 0 Å². The van der Waals surface area contributed by atoms with Gasteiger partial charge in [0.15, 0.2) is 5.82 Å². The molecule has 0 radical (unpaired) electrons. The van der Waals surface area contributed by atoms with Crippen LogP contribution in [0.5, 0.6) is 5.75 Å². The lowest BCUT2D eigenvalue weighted by molar-refractivity contribution is 0.417. The maximum atomic E-state index is 6.14. The van der Waals surface area contributed by atoms with Crippen LogP contribution < -0.4 is 15.4 Å². The fourth-order valence-electron chi connectivity index (χ4n) is 2.20. The van der Waals surface area contributed by atoms with Crippen molar-refractivity contribution in [3.8, 4) is 5.75 Å². The number of aromatic nitrogens is 3. The Morgan fingerprint density at radius 2 is 1.88 bits per heavy atom. The van der Waals surface area contributed by atoms with E-state index >= 15 is 0 Å². The fraction of sp³-hybridized carbons (Fsp3) is 0.118. The highest BCUT2D eigenvalue weighted by molar-refractivity contribution is 6.31. The van der Waals surface area contributed by atoms with Gasteiger partial charge in [0.05, 0.1) is 19.0 Å². The smallest absolute Gasteiger partial charge is 0.249 e. The molecule has 0 unspecified atom stereocenters. The summed E-state index contributed by atoms with van der Waals surface area (Å²) in [5.41, 5.74) is 2.42. The third-order valence-corrected chi connectivity index (χ3v) is 4.14. The van der Waals surface area contributed by atoms with Crippen LogP contribution in [0.15, 0.2) is 42.6 Å². The summed E-state index contributed by atoms with van der Waals surface area (Å²) in [5.74, 6) is 1.46. The highest BCUT2D eigenvalue weighted by Gasteiger charge is 2.08. The van der Waals surface area contributed by atoms with Crippen molar-refractivity contribution in [2.45, 2.75) is 6.92 Å². The van der Waals surface area contributed by atoms with Crippen molar-refractivity contribution < 1.29 is 4.74 Å². The van der Waals surface area contributed by atoms with Gasteiger partial charge in [-0.1, -0.05) is 29.3 Å². The third-order valence-electron chi connectivity index (χ3n) is 3.50. The standard InChI is InChI=1S/C17H15Cl2N5O/c1-10-12(19)4-3-5-13(10)21-16-9-20-24-17(23-16)22-14-8-11(18)6-7-15(14)25-2/h3-9H,1-2H3,(H2,21,22,23,24). The molecule has 0 atom stereocenters. The van der Waals surface area contributed by atoms with Gasteiger partial charge in [-0.2, -0.15) is 10.1 Å². The second kappa shape index (κ2) is 7.55. The second-order valence-electron chi connectivity index (χ2n) is 5.17. The van der Waals surface area contributed by atoms with Crippen LogP contribution in [0.4, 0.5) is 23.1 Å². The minimum Gasteiger partial charge on any atom is -0.495 e. The molecule has 8 heteroatoms. The molecule has 1 aromatic heterocycles. The molecule has 1 heterocycles. The van der Waals surface area contributed by atoms with Gasteiger partial charge in [0.1, 0.15) is 5.75 Å². The first kappa shape index (κ1) is 17.3. The highest BCUT2D eigenvalue weighted by Crippen LogP contribution is 2.30. The number of ether oxygens (including phenoxy) is 1. The average molecular weight is 376 g/mol. The molecule has 0 aliphatic heterocycles. The monoisotopic (exact) mass is 375 g/mol. The van der Waals surface area contributed by atoms with Crippen LogP contribution in [0.2, 0.25) is 10.0 Å². The molecule has 3 rings (SSSR count). The number of rotatable bonds is 5. The Kier molecular flexibility index (Phi) is 5.21. The largest absolute Gasteiger partial charge is 0.495 e. The Labute approximate surface area is 155 Å². The topological polar surface area (TPSA) is 72.0 Å². The van der Waals surface area contributed by atoms with E-state index in [0.29, 0.717) is 33.2 Å². The summed E-state index contributed by atoms with van der Waals surface area (Å²) < 4.78 is 5.30. The van der Waals surface area contributed by atoms with Crippen molar-refractivity contribution >= 4 is 46.3 Å². The molecule has 0 saturated heterocycles. The van der Waals surface area contributed by atoms with Gasteiger partial charge in [-0.3, -0.25) is 0 Å². The van der Waals surface area contributed by atoms with Gasteiger partial charge in [0, 0.05) is 15.7 Å². The quantitative estimate of drug-likeness (QED) is 0.654. The molecule has 128 valence electrons. The molecule has 0 spiro atoms. The van der Waals surface area contributed by atoms with Crippen molar-refractivity contribution in [3.05, 3.63) is 58.2 Å². The van der Waals surface area contributed by atoms with E-state index in [1.54, 1.807) is 25.3 Å². The van der Waals surface area contributed by atoms with E-state index in [1.165, 1.54) is 6.20 Å². The summed E-state index contributed by atoms with van der Waals surface area (Å²) in [5, 5.41) is 15.4. The highest BCUT2D eigenvalue weighted by atomic mass is 35.5. The Hall–Kier alpha value is -2.57. The van der Waals surface area contributed by atoms with Crippen LogP contribution in [0.1, 0.15) is 5.56 Å². The summed E-state index contributed by atoms with van der Waals surface area (Å²) in [6.45, 7) is 1.93. The molecule has 0 fully saturated rings. The maximum absolute atomic E-state index is 6.14. The molecule has 0 aliphatic rings. The molecule has 0 saturated carbocycles. The van der Waals surface area contributed by atoms with Crippen LogP contribution in [-0.2, 0) is 0 Å². The normalized spacial score (nSPS) is 10.4. The summed E-state index contributed by atoms with van der Waals surface area (Å²) in [7, 11) is 1.58. The van der Waals surface area contributed by atoms with E-state index in [1.807, 2.05) is 25.1 Å². The van der Waals surface area contributed by atoms with Gasteiger partial charge in [0.25, 0.3) is 0 Å². The number of methoxy groups -OCH3 is 1. The SMILES string of the molecule is COc1ccc(Cl)cc1Nc1nncc(Nc2cccc(Cl)c2C)n1. The van der Waals surface area contributed by atoms with Crippen molar-refractivity contribution in [1.29, 1.82) is 0 Å². The molecule has 2 N–H and O–H groups in total. The zero-order valence-electron chi connectivity index (χ0n) is 13.5. The molecule has 0 aliphatic carbocycles. The van der Waals surface area contributed by atoms with Crippen LogP contribution in [-0.4, -0.2) is 22.3 Å². The van der Waals surface area contributed by atoms with Crippen LogP contribution in [0, 0.1) is 6.92 Å². The van der Waals surface area contributed by atoms with Gasteiger partial charge in [-0.15, -0.1) is 5.10 Å². The Morgan fingerprint density at radius 3 is 2.68 bits per heavy atom. The Bertz CT molecular complexity index is 904. The molecule has 25 heavy (non-hydrogen) atoms. The third kappa shape index (κ3) is 4.10. The zero-order chi connectivity index (χ0) is 17.8. The summed E-state index contributed by atoms with van der Waals surface area (Å²) in [6.07, 6.45) is 1.53. The van der Waals surface area contributed by atoms with Gasteiger partial charge in [0.2, 0.25) is 5.95 Å². The molecular weight excluding hydrogens is 361 g/mol. The first-order valence-electron chi connectivity index (χ1n) is 7.39. The number of hydrogen-bond acceptors (Lipinski definition) is 6. The number of benzene rings is 2. The van der Waals surface area contributed by atoms with Crippen LogP contribution in [0.3, 0.4) is 0 Å². The van der Waals surface area contributed by atoms with Crippen molar-refractivity contribution in [1.82, 2.24) is 15.2 Å². The number of halogens is 2. The first-order chi connectivity index (χ1) is 12.1. The van der Waals surface area contributed by atoms with Crippen LogP contribution in [0.25, 0.3) is 0 Å². The average Bonchev–Trinajstić information content (AvgIpc) is 2.60.